The van der Waals surface area contributed by atoms with E-state index in [0.717, 1.165) is 69.5 Å². The number of nitrogens with zero attached hydrogens (tertiary/aromatic N) is 2. The molecular formula is C22H32N4O2. The highest BCUT2D eigenvalue weighted by atomic mass is 16.2. The Morgan fingerprint density at radius 1 is 1.04 bits per heavy atom. The molecule has 2 aliphatic heterocycles. The molecule has 1 unspecified atom stereocenters. The lowest BCUT2D eigenvalue weighted by molar-refractivity contribution is -0.142. The van der Waals surface area contributed by atoms with Gasteiger partial charge in [-0.05, 0) is 50.8 Å². The van der Waals surface area contributed by atoms with Gasteiger partial charge < -0.3 is 15.5 Å². The van der Waals surface area contributed by atoms with Gasteiger partial charge in [0.1, 0.15) is 5.54 Å². The molecule has 28 heavy (non-hydrogen) atoms. The molecule has 6 heteroatoms. The van der Waals surface area contributed by atoms with E-state index in [0.29, 0.717) is 6.04 Å². The summed E-state index contributed by atoms with van der Waals surface area (Å²) >= 11 is 0. The number of carbonyl (C=O) groups is 2. The van der Waals surface area contributed by atoms with E-state index >= 15 is 0 Å². The number of fused-ring (bicyclic) bond motifs is 1. The molecule has 3 aliphatic rings. The molecule has 3 fully saturated rings. The molecule has 4 rings (SSSR count). The summed E-state index contributed by atoms with van der Waals surface area (Å²) in [6.07, 6.45) is 6.98. The second kappa shape index (κ2) is 8.11. The maximum absolute atomic E-state index is 13.6. The van der Waals surface area contributed by atoms with Crippen LogP contribution in [0, 0.1) is 6.92 Å². The van der Waals surface area contributed by atoms with Crippen LogP contribution in [0.2, 0.25) is 0 Å². The van der Waals surface area contributed by atoms with Crippen LogP contribution in [0.5, 0.6) is 0 Å². The average Bonchev–Trinajstić information content (AvgIpc) is 3.17. The van der Waals surface area contributed by atoms with Crippen molar-refractivity contribution >= 4 is 17.6 Å². The number of para-hydroxylation sites is 1. The first-order valence-electron chi connectivity index (χ1n) is 10.8. The van der Waals surface area contributed by atoms with Crippen LogP contribution in [0.25, 0.3) is 0 Å². The Balaban J connectivity index is 1.47. The molecule has 2 heterocycles. The van der Waals surface area contributed by atoms with Gasteiger partial charge in [0, 0.05) is 31.4 Å². The molecule has 6 nitrogen and oxygen atoms in total. The van der Waals surface area contributed by atoms with E-state index in [1.54, 1.807) is 0 Å². The fourth-order valence-electron chi connectivity index (χ4n) is 5.11. The first-order chi connectivity index (χ1) is 13.6. The lowest BCUT2D eigenvalue weighted by Crippen LogP contribution is -2.64. The zero-order valence-electron chi connectivity index (χ0n) is 16.9. The van der Waals surface area contributed by atoms with Gasteiger partial charge in [-0.2, -0.15) is 0 Å². The molecule has 1 saturated carbocycles. The minimum atomic E-state index is -0.758. The van der Waals surface area contributed by atoms with Crippen LogP contribution < -0.4 is 10.6 Å². The zero-order valence-corrected chi connectivity index (χ0v) is 16.9. The minimum Gasteiger partial charge on any atom is -0.338 e. The molecule has 1 aromatic carbocycles. The predicted molar refractivity (Wildman–Crippen MR) is 110 cm³/mol. The van der Waals surface area contributed by atoms with Gasteiger partial charge in [-0.15, -0.1) is 0 Å². The van der Waals surface area contributed by atoms with E-state index < -0.39 is 5.54 Å². The van der Waals surface area contributed by atoms with Crippen molar-refractivity contribution in [2.24, 2.45) is 0 Å². The van der Waals surface area contributed by atoms with Crippen molar-refractivity contribution in [1.29, 1.82) is 0 Å². The molecule has 1 aromatic rings. The van der Waals surface area contributed by atoms with Crippen LogP contribution in [0.4, 0.5) is 10.5 Å². The highest BCUT2D eigenvalue weighted by Gasteiger charge is 2.45. The zero-order chi connectivity index (χ0) is 19.6. The van der Waals surface area contributed by atoms with E-state index in [-0.39, 0.29) is 11.9 Å². The van der Waals surface area contributed by atoms with Crippen LogP contribution >= 0.6 is 0 Å². The molecule has 0 aromatic heterocycles. The Bertz CT molecular complexity index is 729. The van der Waals surface area contributed by atoms with Crippen molar-refractivity contribution in [1.82, 2.24) is 15.1 Å². The number of benzene rings is 1. The average molecular weight is 385 g/mol. The molecule has 3 amide bonds. The number of carbonyl (C=O) groups excluding carboxylic acids is 2. The number of anilines is 1. The molecule has 2 N–H and O–H groups in total. The lowest BCUT2D eigenvalue weighted by atomic mass is 9.80. The summed E-state index contributed by atoms with van der Waals surface area (Å²) < 4.78 is 0. The maximum Gasteiger partial charge on any atom is 0.320 e. The summed E-state index contributed by atoms with van der Waals surface area (Å²) in [4.78, 5) is 30.9. The van der Waals surface area contributed by atoms with Gasteiger partial charge in [-0.3, -0.25) is 9.69 Å². The Morgan fingerprint density at radius 2 is 1.82 bits per heavy atom. The monoisotopic (exact) mass is 384 g/mol. The van der Waals surface area contributed by atoms with Crippen LogP contribution in [0.3, 0.4) is 0 Å². The van der Waals surface area contributed by atoms with Crippen LogP contribution in [0.15, 0.2) is 24.3 Å². The number of urea groups is 1. The fraction of sp³-hybridized carbons (Fsp3) is 0.636. The highest BCUT2D eigenvalue weighted by molar-refractivity contribution is 5.96. The normalized spacial score (nSPS) is 24.5. The Kier molecular flexibility index (Phi) is 5.58. The third-order valence-electron chi connectivity index (χ3n) is 6.74. The third kappa shape index (κ3) is 3.88. The largest absolute Gasteiger partial charge is 0.338 e. The van der Waals surface area contributed by atoms with Crippen molar-refractivity contribution in [3.05, 3.63) is 29.8 Å². The first kappa shape index (κ1) is 19.2. The summed E-state index contributed by atoms with van der Waals surface area (Å²) in [5.74, 6) is 0.124. The summed E-state index contributed by atoms with van der Waals surface area (Å²) in [5.41, 5.74) is 1.04. The molecule has 1 atom stereocenters. The summed E-state index contributed by atoms with van der Waals surface area (Å²) in [6, 6.07) is 7.95. The first-order valence-corrected chi connectivity index (χ1v) is 10.8. The van der Waals surface area contributed by atoms with Gasteiger partial charge in [0.2, 0.25) is 5.91 Å². The van der Waals surface area contributed by atoms with Gasteiger partial charge in [0.25, 0.3) is 0 Å². The number of rotatable bonds is 3. The van der Waals surface area contributed by atoms with Crippen molar-refractivity contribution in [3.63, 3.8) is 0 Å². The van der Waals surface area contributed by atoms with Gasteiger partial charge in [-0.25, -0.2) is 4.79 Å². The number of aryl methyl sites for hydroxylation is 1. The molecule has 0 bridgehead atoms. The molecule has 2 saturated heterocycles. The van der Waals surface area contributed by atoms with Crippen LogP contribution in [-0.2, 0) is 4.79 Å². The van der Waals surface area contributed by atoms with E-state index in [1.807, 2.05) is 36.1 Å². The molecule has 1 aliphatic carbocycles. The third-order valence-corrected chi connectivity index (χ3v) is 6.74. The van der Waals surface area contributed by atoms with Gasteiger partial charge in [0.15, 0.2) is 0 Å². The number of amides is 3. The van der Waals surface area contributed by atoms with Gasteiger partial charge >= 0.3 is 6.03 Å². The number of hydrogen-bond donors (Lipinski definition) is 2. The summed E-state index contributed by atoms with van der Waals surface area (Å²) in [6.45, 7) is 5.68. The summed E-state index contributed by atoms with van der Waals surface area (Å²) in [7, 11) is 0. The van der Waals surface area contributed by atoms with Crippen molar-refractivity contribution in [3.8, 4) is 0 Å². The second-order valence-electron chi connectivity index (χ2n) is 8.62. The molecule has 152 valence electrons. The molecular weight excluding hydrogens is 352 g/mol. The summed E-state index contributed by atoms with van der Waals surface area (Å²) in [5, 5.41) is 6.06. The number of nitrogens with one attached hydrogen (secondary N) is 2. The van der Waals surface area contributed by atoms with E-state index in [4.69, 9.17) is 0 Å². The molecule has 0 spiro atoms. The van der Waals surface area contributed by atoms with E-state index in [2.05, 4.69) is 15.5 Å². The van der Waals surface area contributed by atoms with Crippen molar-refractivity contribution in [2.75, 3.05) is 31.5 Å². The number of piperazine rings is 1. The highest BCUT2D eigenvalue weighted by Crippen LogP contribution is 2.32. The Labute approximate surface area is 167 Å². The van der Waals surface area contributed by atoms with Crippen LogP contribution in [-0.4, -0.2) is 59.5 Å². The fourth-order valence-corrected chi connectivity index (χ4v) is 5.11. The van der Waals surface area contributed by atoms with E-state index in [9.17, 15) is 9.59 Å². The minimum absolute atomic E-state index is 0.124. The van der Waals surface area contributed by atoms with Crippen molar-refractivity contribution < 1.29 is 9.59 Å². The molecule has 0 radical (unpaired) electrons. The lowest BCUT2D eigenvalue weighted by Gasteiger charge is -2.44. The van der Waals surface area contributed by atoms with Gasteiger partial charge in [0.05, 0.1) is 0 Å². The van der Waals surface area contributed by atoms with Crippen LogP contribution in [0.1, 0.15) is 50.5 Å². The quantitative estimate of drug-likeness (QED) is 0.842. The van der Waals surface area contributed by atoms with Crippen molar-refractivity contribution in [2.45, 2.75) is 63.5 Å². The Morgan fingerprint density at radius 3 is 2.61 bits per heavy atom. The smallest absolute Gasteiger partial charge is 0.320 e. The topological polar surface area (TPSA) is 64.7 Å². The maximum atomic E-state index is 13.6. The SMILES string of the molecule is Cc1ccccc1NC(=O)NC1(C(=O)N2CCN3CCCC3C2)CCCCC1. The predicted octanol–water partition coefficient (Wildman–Crippen LogP) is 3.13. The number of hydrogen-bond acceptors (Lipinski definition) is 3. The Hall–Kier alpha value is -2.08. The second-order valence-corrected chi connectivity index (χ2v) is 8.62. The standard InChI is InChI=1S/C22H32N4O2/c1-17-8-3-4-10-19(17)23-21(28)24-22(11-5-2-6-12-22)20(27)26-15-14-25-13-7-9-18(25)16-26/h3-4,8,10,18H,2,5-7,9,11-16H2,1H3,(H2,23,24,28). The van der Waals surface area contributed by atoms with Gasteiger partial charge in [-0.1, -0.05) is 37.5 Å². The van der Waals surface area contributed by atoms with E-state index in [1.165, 1.54) is 12.8 Å².